The van der Waals surface area contributed by atoms with Gasteiger partial charge in [0.05, 0.1) is 13.2 Å². The minimum Gasteiger partial charge on any atom is -0.408 e. The lowest BCUT2D eigenvalue weighted by molar-refractivity contribution is 0.296. The Morgan fingerprint density at radius 3 is 2.00 bits per heavy atom. The van der Waals surface area contributed by atoms with Crippen molar-refractivity contribution in [2.75, 3.05) is 13.2 Å². The summed E-state index contributed by atoms with van der Waals surface area (Å²) in [6, 6.07) is 0. The first-order valence-electron chi connectivity index (χ1n) is 4.28. The van der Waals surface area contributed by atoms with E-state index in [1.165, 1.54) is 0 Å². The van der Waals surface area contributed by atoms with E-state index in [4.69, 9.17) is 9.31 Å². The van der Waals surface area contributed by atoms with Crippen molar-refractivity contribution in [1.29, 1.82) is 0 Å². The van der Waals surface area contributed by atoms with Gasteiger partial charge in [-0.2, -0.15) is 0 Å². The minimum atomic E-state index is 0.00231. The Bertz CT molecular complexity index is 128. The second kappa shape index (κ2) is 3.15. The Labute approximate surface area is 69.4 Å². The fraction of sp³-hybridized carbons (Fsp3) is 1.00. The highest BCUT2D eigenvalue weighted by molar-refractivity contribution is 6.49. The lowest BCUT2D eigenvalue weighted by Gasteiger charge is -2.29. The molecule has 1 rings (SSSR count). The highest BCUT2D eigenvalue weighted by Gasteiger charge is 2.42. The van der Waals surface area contributed by atoms with Crippen LogP contribution >= 0.6 is 0 Å². The van der Waals surface area contributed by atoms with Gasteiger partial charge in [-0.1, -0.05) is 27.7 Å². The molecule has 0 spiro atoms. The van der Waals surface area contributed by atoms with Crippen LogP contribution < -0.4 is 0 Å². The molecular weight excluding hydrogens is 139 g/mol. The molecule has 0 radical (unpaired) electrons. The molecule has 0 aromatic heterocycles. The van der Waals surface area contributed by atoms with E-state index in [0.29, 0.717) is 5.92 Å². The third-order valence-corrected chi connectivity index (χ3v) is 2.72. The summed E-state index contributed by atoms with van der Waals surface area (Å²) >= 11 is 0. The van der Waals surface area contributed by atoms with Crippen LogP contribution in [-0.2, 0) is 9.31 Å². The van der Waals surface area contributed by atoms with Crippen LogP contribution in [-0.4, -0.2) is 20.3 Å². The van der Waals surface area contributed by atoms with Gasteiger partial charge in [-0.05, 0) is 5.92 Å². The fourth-order valence-electron chi connectivity index (χ4n) is 1.06. The largest absolute Gasteiger partial charge is 0.463 e. The third-order valence-electron chi connectivity index (χ3n) is 2.72. The molecule has 0 saturated carbocycles. The number of rotatable bonds is 2. The SMILES string of the molecule is CC(C)C(C)(C)B1OCCO1. The van der Waals surface area contributed by atoms with Gasteiger partial charge in [0.1, 0.15) is 0 Å². The summed E-state index contributed by atoms with van der Waals surface area (Å²) in [5, 5.41) is 0.135. The van der Waals surface area contributed by atoms with Gasteiger partial charge in [0.2, 0.25) is 0 Å². The van der Waals surface area contributed by atoms with Crippen molar-refractivity contribution in [2.24, 2.45) is 5.92 Å². The van der Waals surface area contributed by atoms with E-state index in [1.807, 2.05) is 0 Å². The van der Waals surface area contributed by atoms with E-state index >= 15 is 0 Å². The molecule has 1 fully saturated rings. The molecule has 1 aliphatic heterocycles. The predicted molar refractivity (Wildman–Crippen MR) is 46.5 cm³/mol. The van der Waals surface area contributed by atoms with Crippen molar-refractivity contribution < 1.29 is 9.31 Å². The molecule has 3 heteroatoms. The molecule has 0 atom stereocenters. The second-order valence-corrected chi connectivity index (χ2v) is 4.05. The maximum absolute atomic E-state index is 5.46. The Morgan fingerprint density at radius 1 is 1.18 bits per heavy atom. The molecule has 1 heterocycles. The van der Waals surface area contributed by atoms with E-state index in [-0.39, 0.29) is 12.4 Å². The number of hydrogen-bond donors (Lipinski definition) is 0. The van der Waals surface area contributed by atoms with Crippen molar-refractivity contribution in [3.05, 3.63) is 0 Å². The minimum absolute atomic E-state index is 0.00231. The van der Waals surface area contributed by atoms with Gasteiger partial charge >= 0.3 is 7.12 Å². The van der Waals surface area contributed by atoms with Crippen molar-refractivity contribution in [2.45, 2.75) is 33.0 Å². The molecule has 2 nitrogen and oxygen atoms in total. The predicted octanol–water partition coefficient (Wildman–Crippen LogP) is 1.96. The van der Waals surface area contributed by atoms with Crippen LogP contribution in [0.25, 0.3) is 0 Å². The standard InChI is InChI=1S/C8H17BO2/c1-7(2)8(3,4)9-10-5-6-11-9/h7H,5-6H2,1-4H3. The van der Waals surface area contributed by atoms with Gasteiger partial charge < -0.3 is 9.31 Å². The zero-order valence-electron chi connectivity index (χ0n) is 7.89. The fourth-order valence-corrected chi connectivity index (χ4v) is 1.06. The van der Waals surface area contributed by atoms with E-state index in [2.05, 4.69) is 27.7 Å². The summed E-state index contributed by atoms with van der Waals surface area (Å²) in [6.07, 6.45) is 0. The van der Waals surface area contributed by atoms with Crippen molar-refractivity contribution in [1.82, 2.24) is 0 Å². The van der Waals surface area contributed by atoms with E-state index in [0.717, 1.165) is 13.2 Å². The van der Waals surface area contributed by atoms with Crippen molar-refractivity contribution in [3.63, 3.8) is 0 Å². The first kappa shape index (κ1) is 9.08. The molecule has 0 aromatic carbocycles. The van der Waals surface area contributed by atoms with Gasteiger partial charge in [-0.25, -0.2) is 0 Å². The lowest BCUT2D eigenvalue weighted by Crippen LogP contribution is -2.33. The maximum atomic E-state index is 5.46. The molecule has 64 valence electrons. The van der Waals surface area contributed by atoms with Crippen LogP contribution in [0.5, 0.6) is 0 Å². The molecule has 11 heavy (non-hydrogen) atoms. The average molecular weight is 156 g/mol. The molecule has 0 unspecified atom stereocenters. The van der Waals surface area contributed by atoms with Crippen LogP contribution in [0.4, 0.5) is 0 Å². The Balaban J connectivity index is 2.55. The summed E-state index contributed by atoms with van der Waals surface area (Å²) in [6.45, 7) is 10.3. The zero-order chi connectivity index (χ0) is 8.48. The lowest BCUT2D eigenvalue weighted by atomic mass is 9.54. The molecule has 0 amide bonds. The zero-order valence-corrected chi connectivity index (χ0v) is 7.89. The molecular formula is C8H17BO2. The average Bonchev–Trinajstić information content (AvgIpc) is 2.37. The van der Waals surface area contributed by atoms with Gasteiger partial charge in [0.25, 0.3) is 0 Å². The van der Waals surface area contributed by atoms with E-state index in [1.54, 1.807) is 0 Å². The molecule has 0 aliphatic carbocycles. The van der Waals surface area contributed by atoms with Crippen LogP contribution in [0.3, 0.4) is 0 Å². The highest BCUT2D eigenvalue weighted by atomic mass is 16.6. The summed E-state index contributed by atoms with van der Waals surface area (Å²) in [4.78, 5) is 0. The van der Waals surface area contributed by atoms with E-state index in [9.17, 15) is 0 Å². The van der Waals surface area contributed by atoms with Crippen molar-refractivity contribution >= 4 is 7.12 Å². The smallest absolute Gasteiger partial charge is 0.408 e. The van der Waals surface area contributed by atoms with Crippen molar-refractivity contribution in [3.8, 4) is 0 Å². The molecule has 0 N–H and O–H groups in total. The molecule has 1 saturated heterocycles. The normalized spacial score (nSPS) is 19.9. The first-order chi connectivity index (χ1) is 5.05. The summed E-state index contributed by atoms with van der Waals surface area (Å²) in [7, 11) is 0.00231. The monoisotopic (exact) mass is 156 g/mol. The number of hydrogen-bond acceptors (Lipinski definition) is 2. The highest BCUT2D eigenvalue weighted by Crippen LogP contribution is 2.39. The summed E-state index contributed by atoms with van der Waals surface area (Å²) < 4.78 is 10.9. The van der Waals surface area contributed by atoms with Crippen LogP contribution in [0.15, 0.2) is 0 Å². The van der Waals surface area contributed by atoms with Crippen LogP contribution in [0.1, 0.15) is 27.7 Å². The topological polar surface area (TPSA) is 18.5 Å². The summed E-state index contributed by atoms with van der Waals surface area (Å²) in [5.41, 5.74) is 0. The van der Waals surface area contributed by atoms with E-state index < -0.39 is 0 Å². The first-order valence-corrected chi connectivity index (χ1v) is 4.28. The Hall–Kier alpha value is -0.0151. The third kappa shape index (κ3) is 1.77. The molecule has 0 bridgehead atoms. The second-order valence-electron chi connectivity index (χ2n) is 4.05. The van der Waals surface area contributed by atoms with Gasteiger partial charge in [-0.3, -0.25) is 0 Å². The van der Waals surface area contributed by atoms with Gasteiger partial charge in [0.15, 0.2) is 0 Å². The Morgan fingerprint density at radius 2 is 1.64 bits per heavy atom. The summed E-state index contributed by atoms with van der Waals surface area (Å²) in [5.74, 6) is 0.589. The van der Waals surface area contributed by atoms with Gasteiger partial charge in [-0.15, -0.1) is 0 Å². The van der Waals surface area contributed by atoms with Crippen LogP contribution in [0, 0.1) is 5.92 Å². The molecule has 1 aliphatic rings. The van der Waals surface area contributed by atoms with Gasteiger partial charge in [0, 0.05) is 5.31 Å². The quantitative estimate of drug-likeness (QED) is 0.569. The Kier molecular flexibility index (Phi) is 2.60. The molecule has 0 aromatic rings. The maximum Gasteiger partial charge on any atom is 0.463 e. The van der Waals surface area contributed by atoms with Crippen LogP contribution in [0.2, 0.25) is 5.31 Å².